The van der Waals surface area contributed by atoms with Crippen LogP contribution in [0.5, 0.6) is 0 Å². The van der Waals surface area contributed by atoms with Gasteiger partial charge in [-0.2, -0.15) is 4.31 Å². The van der Waals surface area contributed by atoms with Crippen molar-refractivity contribution in [1.29, 1.82) is 0 Å². The lowest BCUT2D eigenvalue weighted by Crippen LogP contribution is -2.43. The summed E-state index contributed by atoms with van der Waals surface area (Å²) in [7, 11) is -3.84. The molecule has 0 radical (unpaired) electrons. The number of nitrogens with one attached hydrogen (secondary N) is 2. The van der Waals surface area contributed by atoms with Crippen LogP contribution in [0.15, 0.2) is 50.6 Å². The minimum absolute atomic E-state index is 0.237. The molecule has 3 aromatic rings. The van der Waals surface area contributed by atoms with Gasteiger partial charge in [0.05, 0.1) is 4.90 Å². The van der Waals surface area contributed by atoms with Crippen LogP contribution in [0.25, 0.3) is 11.4 Å². The molecule has 2 heterocycles. The van der Waals surface area contributed by atoms with E-state index in [9.17, 15) is 18.0 Å². The smallest absolute Gasteiger partial charge is 0.325 e. The van der Waals surface area contributed by atoms with Crippen molar-refractivity contribution >= 4 is 21.6 Å². The third kappa shape index (κ3) is 4.11. The van der Waals surface area contributed by atoms with Crippen molar-refractivity contribution in [2.24, 2.45) is 0 Å². The maximum atomic E-state index is 13.5. The maximum Gasteiger partial charge on any atom is 0.439 e. The second kappa shape index (κ2) is 8.36. The van der Waals surface area contributed by atoms with Crippen molar-refractivity contribution in [2.45, 2.75) is 44.6 Å². The van der Waals surface area contributed by atoms with E-state index in [0.29, 0.717) is 35.2 Å². The number of aromatic nitrogens is 2. The third-order valence-electron chi connectivity index (χ3n) is 5.52. The number of carbonyl (C=O) groups is 1. The molecule has 0 aliphatic carbocycles. The molecule has 1 atom stereocenters. The van der Waals surface area contributed by atoms with Crippen LogP contribution < -0.4 is 11.1 Å². The number of anilines is 1. The van der Waals surface area contributed by atoms with Gasteiger partial charge >= 0.3 is 5.76 Å². The van der Waals surface area contributed by atoms with Gasteiger partial charge in [-0.25, -0.2) is 13.2 Å². The molecule has 1 fully saturated rings. The van der Waals surface area contributed by atoms with Crippen LogP contribution in [0.2, 0.25) is 0 Å². The fourth-order valence-electron chi connectivity index (χ4n) is 4.30. The Morgan fingerprint density at radius 3 is 2.56 bits per heavy atom. The zero-order valence-electron chi connectivity index (χ0n) is 18.0. The molecule has 1 aliphatic rings. The minimum atomic E-state index is -3.84. The van der Waals surface area contributed by atoms with Gasteiger partial charge in [-0.05, 0) is 56.9 Å². The fraction of sp³-hybridized carbons (Fsp3) is 0.318. The molecule has 1 aromatic heterocycles. The number of nitrogens with zero attached hydrogens (tertiary/aromatic N) is 2. The normalized spacial score (nSPS) is 16.9. The summed E-state index contributed by atoms with van der Waals surface area (Å²) >= 11 is 0. The highest BCUT2D eigenvalue weighted by Gasteiger charge is 2.40. The van der Waals surface area contributed by atoms with Crippen molar-refractivity contribution in [1.82, 2.24) is 14.4 Å². The molecular weight excluding hydrogens is 432 g/mol. The first kappa shape index (κ1) is 22.0. The SMILES string of the molecule is Cc1cc(C)c(S(=O)(=O)N2CCCC2C(=O)Nc2cccc(-c3noc(=O)[nH]3)c2)c(C)c1. The Morgan fingerprint density at radius 1 is 1.19 bits per heavy atom. The molecule has 1 amide bonds. The van der Waals surface area contributed by atoms with E-state index in [4.69, 9.17) is 0 Å². The quantitative estimate of drug-likeness (QED) is 0.608. The van der Waals surface area contributed by atoms with Gasteiger partial charge in [-0.3, -0.25) is 14.3 Å². The number of aryl methyl sites for hydroxylation is 3. The molecule has 32 heavy (non-hydrogen) atoms. The van der Waals surface area contributed by atoms with Crippen LogP contribution in [-0.4, -0.2) is 41.4 Å². The number of hydrogen-bond acceptors (Lipinski definition) is 6. The lowest BCUT2D eigenvalue weighted by molar-refractivity contribution is -0.119. The van der Waals surface area contributed by atoms with Crippen LogP contribution in [0, 0.1) is 20.8 Å². The number of carbonyl (C=O) groups excluding carboxylic acids is 1. The van der Waals surface area contributed by atoms with E-state index in [0.717, 1.165) is 5.56 Å². The highest BCUT2D eigenvalue weighted by molar-refractivity contribution is 7.89. The highest BCUT2D eigenvalue weighted by Crippen LogP contribution is 2.31. The van der Waals surface area contributed by atoms with E-state index in [2.05, 4.69) is 20.0 Å². The number of benzene rings is 2. The van der Waals surface area contributed by atoms with E-state index in [1.807, 2.05) is 19.1 Å². The van der Waals surface area contributed by atoms with E-state index >= 15 is 0 Å². The summed E-state index contributed by atoms with van der Waals surface area (Å²) in [5.74, 6) is -0.844. The van der Waals surface area contributed by atoms with Crippen molar-refractivity contribution < 1.29 is 17.7 Å². The molecule has 0 saturated carbocycles. The number of sulfonamides is 1. The van der Waals surface area contributed by atoms with Crippen molar-refractivity contribution in [2.75, 3.05) is 11.9 Å². The summed E-state index contributed by atoms with van der Waals surface area (Å²) in [6.07, 6.45) is 1.03. The van der Waals surface area contributed by atoms with Gasteiger partial charge in [-0.15, -0.1) is 0 Å². The zero-order valence-corrected chi connectivity index (χ0v) is 18.8. The maximum absolute atomic E-state index is 13.5. The average molecular weight is 457 g/mol. The Morgan fingerprint density at radius 2 is 1.91 bits per heavy atom. The molecule has 168 valence electrons. The van der Waals surface area contributed by atoms with Gasteiger partial charge in [0.2, 0.25) is 15.9 Å². The average Bonchev–Trinajstić information content (AvgIpc) is 3.37. The first-order chi connectivity index (χ1) is 15.2. The van der Waals surface area contributed by atoms with Crippen LogP contribution in [-0.2, 0) is 14.8 Å². The topological polar surface area (TPSA) is 125 Å². The number of amides is 1. The number of aromatic amines is 1. The monoisotopic (exact) mass is 456 g/mol. The Bertz CT molecular complexity index is 1320. The molecule has 2 aromatic carbocycles. The molecule has 0 bridgehead atoms. The molecule has 9 nitrogen and oxygen atoms in total. The predicted molar refractivity (Wildman–Crippen MR) is 119 cm³/mol. The Kier molecular flexibility index (Phi) is 5.74. The number of rotatable bonds is 5. The first-order valence-corrected chi connectivity index (χ1v) is 11.7. The Balaban J connectivity index is 1.59. The first-order valence-electron chi connectivity index (χ1n) is 10.2. The molecular formula is C22H24N4O5S. The lowest BCUT2D eigenvalue weighted by Gasteiger charge is -2.25. The van der Waals surface area contributed by atoms with Gasteiger partial charge in [0.15, 0.2) is 5.82 Å². The molecule has 1 aliphatic heterocycles. The number of hydrogen-bond donors (Lipinski definition) is 2. The minimum Gasteiger partial charge on any atom is -0.325 e. The molecule has 2 N–H and O–H groups in total. The lowest BCUT2D eigenvalue weighted by atomic mass is 10.1. The second-order valence-electron chi connectivity index (χ2n) is 8.02. The summed E-state index contributed by atoms with van der Waals surface area (Å²) < 4.78 is 32.8. The summed E-state index contributed by atoms with van der Waals surface area (Å²) in [6, 6.07) is 9.58. The Labute approximate surface area is 185 Å². The molecule has 0 spiro atoms. The largest absolute Gasteiger partial charge is 0.439 e. The molecule has 1 unspecified atom stereocenters. The van der Waals surface area contributed by atoms with E-state index in [1.54, 1.807) is 38.1 Å². The van der Waals surface area contributed by atoms with Crippen LogP contribution in [0.1, 0.15) is 29.5 Å². The second-order valence-corrected chi connectivity index (χ2v) is 9.84. The van der Waals surface area contributed by atoms with Gasteiger partial charge in [-0.1, -0.05) is 35.0 Å². The molecule has 10 heteroatoms. The van der Waals surface area contributed by atoms with Crippen LogP contribution >= 0.6 is 0 Å². The van der Waals surface area contributed by atoms with E-state index < -0.39 is 27.7 Å². The summed E-state index contributed by atoms with van der Waals surface area (Å²) in [4.78, 5) is 27.0. The van der Waals surface area contributed by atoms with Crippen molar-refractivity contribution in [3.05, 3.63) is 63.6 Å². The summed E-state index contributed by atoms with van der Waals surface area (Å²) in [5, 5.41) is 6.44. The van der Waals surface area contributed by atoms with E-state index in [-0.39, 0.29) is 17.3 Å². The number of H-pyrrole nitrogens is 1. The molecule has 4 rings (SSSR count). The van der Waals surface area contributed by atoms with Gasteiger partial charge in [0, 0.05) is 17.8 Å². The van der Waals surface area contributed by atoms with Gasteiger partial charge in [0.1, 0.15) is 6.04 Å². The highest BCUT2D eigenvalue weighted by atomic mass is 32.2. The summed E-state index contributed by atoms with van der Waals surface area (Å²) in [6.45, 7) is 5.76. The van der Waals surface area contributed by atoms with Crippen molar-refractivity contribution in [3.63, 3.8) is 0 Å². The van der Waals surface area contributed by atoms with E-state index in [1.165, 1.54) is 4.31 Å². The predicted octanol–water partition coefficient (Wildman–Crippen LogP) is 2.75. The zero-order chi connectivity index (χ0) is 23.0. The Hall–Kier alpha value is -3.24. The van der Waals surface area contributed by atoms with Crippen molar-refractivity contribution in [3.8, 4) is 11.4 Å². The third-order valence-corrected chi connectivity index (χ3v) is 7.74. The van der Waals surface area contributed by atoms with Gasteiger partial charge in [0.25, 0.3) is 0 Å². The standard InChI is InChI=1S/C22H24N4O5S/c1-13-10-14(2)19(15(3)11-13)32(29,30)26-9-5-8-18(26)21(27)23-17-7-4-6-16(12-17)20-24-22(28)31-25-20/h4,6-7,10-12,18H,5,8-9H2,1-3H3,(H,23,27)(H,24,25,28). The molecule has 1 saturated heterocycles. The van der Waals surface area contributed by atoms with Crippen LogP contribution in [0.3, 0.4) is 0 Å². The summed E-state index contributed by atoms with van der Waals surface area (Å²) in [5.41, 5.74) is 3.34. The van der Waals surface area contributed by atoms with Gasteiger partial charge < -0.3 is 5.32 Å². The van der Waals surface area contributed by atoms with Crippen LogP contribution in [0.4, 0.5) is 5.69 Å². The fourth-order valence-corrected chi connectivity index (χ4v) is 6.38.